The van der Waals surface area contributed by atoms with Gasteiger partial charge in [0.15, 0.2) is 8.32 Å². The lowest BCUT2D eigenvalue weighted by molar-refractivity contribution is -0.143. The van der Waals surface area contributed by atoms with Crippen LogP contribution in [0.2, 0.25) is 18.1 Å². The van der Waals surface area contributed by atoms with Crippen molar-refractivity contribution in [1.29, 1.82) is 0 Å². The van der Waals surface area contributed by atoms with E-state index in [0.717, 1.165) is 0 Å². The van der Waals surface area contributed by atoms with Gasteiger partial charge in [0.25, 0.3) is 5.91 Å². The summed E-state index contributed by atoms with van der Waals surface area (Å²) in [5.74, 6) is -1.29. The lowest BCUT2D eigenvalue weighted by Gasteiger charge is -2.36. The highest BCUT2D eigenvalue weighted by molar-refractivity contribution is 6.74. The molecule has 1 aromatic rings. The summed E-state index contributed by atoms with van der Waals surface area (Å²) in [6, 6.07) is 5.78. The number of esters is 1. The molecule has 0 spiro atoms. The number of para-hydroxylation sites is 1. The van der Waals surface area contributed by atoms with E-state index in [4.69, 9.17) is 9.16 Å². The Hall–Kier alpha value is -2.19. The van der Waals surface area contributed by atoms with Crippen LogP contribution >= 0.6 is 0 Å². The van der Waals surface area contributed by atoms with E-state index in [1.807, 2.05) is 0 Å². The van der Waals surface area contributed by atoms with Crippen LogP contribution in [0.1, 0.15) is 44.5 Å². The van der Waals surface area contributed by atoms with Gasteiger partial charge in [0.1, 0.15) is 6.04 Å². The Morgan fingerprint density at radius 1 is 1.14 bits per heavy atom. The van der Waals surface area contributed by atoms with E-state index in [2.05, 4.69) is 44.5 Å². The number of hydrogen-bond acceptors (Lipinski definition) is 5. The van der Waals surface area contributed by atoms with E-state index in [0.29, 0.717) is 18.7 Å². The number of rotatable bonds is 8. The minimum Gasteiger partial charge on any atom is -0.467 e. The van der Waals surface area contributed by atoms with Crippen molar-refractivity contribution >= 4 is 31.8 Å². The number of carbonyl (C=O) groups is 3. The molecule has 0 fully saturated rings. The predicted octanol–water partition coefficient (Wildman–Crippen LogP) is 3.33. The van der Waals surface area contributed by atoms with E-state index in [9.17, 15) is 14.4 Å². The highest BCUT2D eigenvalue weighted by Gasteiger charge is 2.37. The molecule has 0 saturated carbocycles. The summed E-state index contributed by atoms with van der Waals surface area (Å²) in [4.78, 5) is 36.2. The van der Waals surface area contributed by atoms with Crippen molar-refractivity contribution in [2.24, 2.45) is 0 Å². The van der Waals surface area contributed by atoms with Crippen molar-refractivity contribution in [2.75, 3.05) is 19.0 Å². The molecule has 1 rings (SSSR count). The van der Waals surface area contributed by atoms with Crippen LogP contribution in [-0.2, 0) is 18.8 Å². The normalized spacial score (nSPS) is 12.8. The summed E-state index contributed by atoms with van der Waals surface area (Å²) in [5, 5.41) is 5.36. The molecular formula is C20H32N2O5Si. The predicted molar refractivity (Wildman–Crippen MR) is 112 cm³/mol. The zero-order valence-corrected chi connectivity index (χ0v) is 18.8. The first-order valence-electron chi connectivity index (χ1n) is 9.28. The zero-order chi connectivity index (χ0) is 21.5. The van der Waals surface area contributed by atoms with E-state index >= 15 is 0 Å². The monoisotopic (exact) mass is 408 g/mol. The highest BCUT2D eigenvalue weighted by Crippen LogP contribution is 2.36. The van der Waals surface area contributed by atoms with Gasteiger partial charge in [-0.05, 0) is 30.3 Å². The molecule has 8 heteroatoms. The molecule has 1 aromatic carbocycles. The Morgan fingerprint density at radius 2 is 1.75 bits per heavy atom. The quantitative estimate of drug-likeness (QED) is 0.508. The van der Waals surface area contributed by atoms with Crippen LogP contribution < -0.4 is 10.6 Å². The molecular weight excluding hydrogens is 376 g/mol. The van der Waals surface area contributed by atoms with Crippen molar-refractivity contribution < 1.29 is 23.5 Å². The summed E-state index contributed by atoms with van der Waals surface area (Å²) in [6.45, 7) is 12.4. The molecule has 1 atom stereocenters. The second kappa shape index (κ2) is 9.84. The third-order valence-corrected chi connectivity index (χ3v) is 9.49. The molecule has 0 aliphatic carbocycles. The highest BCUT2D eigenvalue weighted by atomic mass is 28.4. The van der Waals surface area contributed by atoms with Gasteiger partial charge in [-0.15, -0.1) is 0 Å². The SMILES string of the molecule is COC(=O)[C@@H](CCO[Si](C)(C)C(C)(C)C)NC(=O)c1ccccc1NC(C)=O. The molecule has 7 nitrogen and oxygen atoms in total. The number of methoxy groups -OCH3 is 1. The standard InChI is InChI=1S/C20H32N2O5Si/c1-14(23)21-16-11-9-8-10-15(16)18(24)22-17(19(25)26-5)12-13-27-28(6,7)20(2,3)4/h8-11,17H,12-13H2,1-7H3,(H,21,23)(H,22,24)/t17-/m1/s1. The van der Waals surface area contributed by atoms with E-state index in [1.165, 1.54) is 14.0 Å². The van der Waals surface area contributed by atoms with Gasteiger partial charge < -0.3 is 19.8 Å². The van der Waals surface area contributed by atoms with E-state index in [1.54, 1.807) is 24.3 Å². The van der Waals surface area contributed by atoms with Gasteiger partial charge in [-0.3, -0.25) is 9.59 Å². The van der Waals surface area contributed by atoms with Crippen LogP contribution in [-0.4, -0.2) is 45.9 Å². The minimum absolute atomic E-state index is 0.0499. The maximum atomic E-state index is 12.7. The molecule has 0 heterocycles. The van der Waals surface area contributed by atoms with Crippen molar-refractivity contribution in [3.63, 3.8) is 0 Å². The van der Waals surface area contributed by atoms with Crippen LogP contribution in [0.4, 0.5) is 5.69 Å². The van der Waals surface area contributed by atoms with Crippen LogP contribution in [0.15, 0.2) is 24.3 Å². The topological polar surface area (TPSA) is 93.7 Å². The van der Waals surface area contributed by atoms with Gasteiger partial charge in [0, 0.05) is 20.0 Å². The van der Waals surface area contributed by atoms with E-state index in [-0.39, 0.29) is 16.5 Å². The average molecular weight is 409 g/mol. The molecule has 0 bridgehead atoms. The fourth-order valence-electron chi connectivity index (χ4n) is 2.26. The summed E-state index contributed by atoms with van der Waals surface area (Å²) in [6.07, 6.45) is 0.299. The fourth-order valence-corrected chi connectivity index (χ4v) is 3.32. The van der Waals surface area contributed by atoms with Gasteiger partial charge in [-0.1, -0.05) is 32.9 Å². The van der Waals surface area contributed by atoms with Gasteiger partial charge in [-0.25, -0.2) is 4.79 Å². The second-order valence-corrected chi connectivity index (χ2v) is 13.0. The average Bonchev–Trinajstić information content (AvgIpc) is 2.58. The first-order chi connectivity index (χ1) is 12.9. The summed E-state index contributed by atoms with van der Waals surface area (Å²) in [5.41, 5.74) is 0.658. The Kier molecular flexibility index (Phi) is 8.38. The zero-order valence-electron chi connectivity index (χ0n) is 17.8. The van der Waals surface area contributed by atoms with Crippen LogP contribution in [0.25, 0.3) is 0 Å². The third kappa shape index (κ3) is 6.76. The van der Waals surface area contributed by atoms with Gasteiger partial charge in [-0.2, -0.15) is 0 Å². The van der Waals surface area contributed by atoms with Crippen molar-refractivity contribution in [1.82, 2.24) is 5.32 Å². The molecule has 2 N–H and O–H groups in total. The lowest BCUT2D eigenvalue weighted by Crippen LogP contribution is -2.45. The van der Waals surface area contributed by atoms with Gasteiger partial charge >= 0.3 is 5.97 Å². The molecule has 0 aromatic heterocycles. The molecule has 0 aliphatic rings. The van der Waals surface area contributed by atoms with Crippen molar-refractivity contribution in [3.05, 3.63) is 29.8 Å². The van der Waals surface area contributed by atoms with Crippen LogP contribution in [0.5, 0.6) is 0 Å². The van der Waals surface area contributed by atoms with Crippen LogP contribution in [0.3, 0.4) is 0 Å². The summed E-state index contributed by atoms with van der Waals surface area (Å²) < 4.78 is 10.9. The molecule has 28 heavy (non-hydrogen) atoms. The Balaban J connectivity index is 2.86. The summed E-state index contributed by atoms with van der Waals surface area (Å²) in [7, 11) is -0.681. The largest absolute Gasteiger partial charge is 0.467 e. The number of amides is 2. The molecule has 0 aliphatic heterocycles. The molecule has 0 unspecified atom stereocenters. The molecule has 2 amide bonds. The lowest BCUT2D eigenvalue weighted by atomic mass is 10.1. The number of benzene rings is 1. The molecule has 0 radical (unpaired) electrons. The fraction of sp³-hybridized carbons (Fsp3) is 0.550. The Morgan fingerprint density at radius 3 is 2.29 bits per heavy atom. The van der Waals surface area contributed by atoms with Gasteiger partial charge in [0.2, 0.25) is 5.91 Å². The molecule has 0 saturated heterocycles. The van der Waals surface area contributed by atoms with Gasteiger partial charge in [0.05, 0.1) is 18.4 Å². The Bertz CT molecular complexity index is 713. The third-order valence-electron chi connectivity index (χ3n) is 4.95. The van der Waals surface area contributed by atoms with Crippen molar-refractivity contribution in [2.45, 2.75) is 58.3 Å². The van der Waals surface area contributed by atoms with E-state index < -0.39 is 26.2 Å². The van der Waals surface area contributed by atoms with Crippen molar-refractivity contribution in [3.8, 4) is 0 Å². The number of anilines is 1. The first-order valence-corrected chi connectivity index (χ1v) is 12.2. The molecule has 156 valence electrons. The maximum absolute atomic E-state index is 12.7. The second-order valence-electron chi connectivity index (χ2n) is 8.17. The summed E-state index contributed by atoms with van der Waals surface area (Å²) >= 11 is 0. The first kappa shape index (κ1) is 23.8. The number of carbonyl (C=O) groups excluding carboxylic acids is 3. The number of nitrogens with one attached hydrogen (secondary N) is 2. The minimum atomic E-state index is -1.96. The smallest absolute Gasteiger partial charge is 0.328 e. The van der Waals surface area contributed by atoms with Crippen LogP contribution in [0, 0.1) is 0 Å². The number of ether oxygens (including phenoxy) is 1. The number of hydrogen-bond donors (Lipinski definition) is 2. The Labute approximate surface area is 168 Å². The maximum Gasteiger partial charge on any atom is 0.328 e.